The van der Waals surface area contributed by atoms with E-state index in [1.807, 2.05) is 0 Å². The predicted molar refractivity (Wildman–Crippen MR) is 60.3 cm³/mol. The highest BCUT2D eigenvalue weighted by Gasteiger charge is 1.99. The molecule has 0 aliphatic carbocycles. The molecule has 2 N–H and O–H groups in total. The molecule has 0 bridgehead atoms. The second-order valence-corrected chi connectivity index (χ2v) is 3.32. The molecule has 5 heteroatoms. The van der Waals surface area contributed by atoms with Crippen LogP contribution >= 0.6 is 11.6 Å². The summed E-state index contributed by atoms with van der Waals surface area (Å²) in [7, 11) is 1.58. The zero-order chi connectivity index (χ0) is 11.1. The van der Waals surface area contributed by atoms with Gasteiger partial charge in [0.25, 0.3) is 0 Å². The highest BCUT2D eigenvalue weighted by Crippen LogP contribution is 2.12. The highest BCUT2D eigenvalue weighted by atomic mass is 35.5. The quantitative estimate of drug-likeness (QED) is 0.776. The van der Waals surface area contributed by atoms with Crippen LogP contribution in [0.2, 0.25) is 5.02 Å². The fourth-order valence-electron chi connectivity index (χ4n) is 0.975. The van der Waals surface area contributed by atoms with Crippen molar-refractivity contribution in [3.63, 3.8) is 0 Å². The first-order valence-corrected chi connectivity index (χ1v) is 4.89. The molecule has 0 aliphatic heterocycles. The maximum absolute atomic E-state index is 11.3. The Morgan fingerprint density at radius 3 is 2.67 bits per heavy atom. The number of carbonyl (C=O) groups is 1. The maximum atomic E-state index is 11.3. The first-order valence-electron chi connectivity index (χ1n) is 4.51. The van der Waals surface area contributed by atoms with E-state index >= 15 is 0 Å². The number of rotatable bonds is 4. The SMILES string of the molecule is COCCNC(=O)Nc1ccc(Cl)cc1. The number of carbonyl (C=O) groups excluding carboxylic acids is 1. The van der Waals surface area contributed by atoms with Crippen LogP contribution in [0.3, 0.4) is 0 Å². The Morgan fingerprint density at radius 2 is 2.07 bits per heavy atom. The third-order valence-electron chi connectivity index (χ3n) is 1.69. The molecular formula is C10H13ClN2O2. The Balaban J connectivity index is 2.34. The summed E-state index contributed by atoms with van der Waals surface area (Å²) in [5.74, 6) is 0. The number of urea groups is 1. The van der Waals surface area contributed by atoms with Crippen LogP contribution in [0.4, 0.5) is 10.5 Å². The zero-order valence-corrected chi connectivity index (χ0v) is 9.17. The minimum atomic E-state index is -0.255. The Bertz CT molecular complexity index is 314. The average Bonchev–Trinajstić information content (AvgIpc) is 2.22. The lowest BCUT2D eigenvalue weighted by molar-refractivity contribution is 0.198. The number of amides is 2. The van der Waals surface area contributed by atoms with Crippen molar-refractivity contribution in [2.45, 2.75) is 0 Å². The molecule has 0 saturated heterocycles. The van der Waals surface area contributed by atoms with Crippen molar-refractivity contribution in [1.29, 1.82) is 0 Å². The monoisotopic (exact) mass is 228 g/mol. The Kier molecular flexibility index (Phi) is 4.93. The van der Waals surface area contributed by atoms with Gasteiger partial charge in [0.1, 0.15) is 0 Å². The largest absolute Gasteiger partial charge is 0.383 e. The van der Waals surface area contributed by atoms with Crippen LogP contribution in [-0.4, -0.2) is 26.3 Å². The number of anilines is 1. The fourth-order valence-corrected chi connectivity index (χ4v) is 1.10. The van der Waals surface area contributed by atoms with E-state index in [9.17, 15) is 4.79 Å². The van der Waals surface area contributed by atoms with E-state index in [1.54, 1.807) is 31.4 Å². The molecule has 0 aliphatic rings. The molecule has 2 amide bonds. The van der Waals surface area contributed by atoms with Crippen LogP contribution in [-0.2, 0) is 4.74 Å². The van der Waals surface area contributed by atoms with Gasteiger partial charge in [-0.25, -0.2) is 4.79 Å². The first-order chi connectivity index (χ1) is 7.22. The molecule has 82 valence electrons. The van der Waals surface area contributed by atoms with E-state index in [4.69, 9.17) is 16.3 Å². The maximum Gasteiger partial charge on any atom is 0.319 e. The molecule has 15 heavy (non-hydrogen) atoms. The molecular weight excluding hydrogens is 216 g/mol. The number of hydrogen-bond donors (Lipinski definition) is 2. The molecule has 4 nitrogen and oxygen atoms in total. The summed E-state index contributed by atoms with van der Waals surface area (Å²) in [5.41, 5.74) is 0.703. The van der Waals surface area contributed by atoms with Crippen molar-refractivity contribution < 1.29 is 9.53 Å². The van der Waals surface area contributed by atoms with Crippen molar-refractivity contribution in [3.8, 4) is 0 Å². The van der Waals surface area contributed by atoms with Gasteiger partial charge in [-0.15, -0.1) is 0 Å². The molecule has 0 fully saturated rings. The van der Waals surface area contributed by atoms with Gasteiger partial charge in [-0.1, -0.05) is 11.6 Å². The molecule has 0 saturated carbocycles. The number of methoxy groups -OCH3 is 1. The van der Waals surface area contributed by atoms with Gasteiger partial charge in [-0.2, -0.15) is 0 Å². The molecule has 0 atom stereocenters. The van der Waals surface area contributed by atoms with Crippen molar-refractivity contribution in [3.05, 3.63) is 29.3 Å². The third kappa shape index (κ3) is 4.67. The van der Waals surface area contributed by atoms with Gasteiger partial charge in [-0.3, -0.25) is 0 Å². The summed E-state index contributed by atoms with van der Waals surface area (Å²) < 4.78 is 4.80. The van der Waals surface area contributed by atoms with Gasteiger partial charge in [0.2, 0.25) is 0 Å². The van der Waals surface area contributed by atoms with E-state index in [0.29, 0.717) is 23.9 Å². The van der Waals surface area contributed by atoms with Crippen LogP contribution in [0.25, 0.3) is 0 Å². The van der Waals surface area contributed by atoms with E-state index in [1.165, 1.54) is 0 Å². The summed E-state index contributed by atoms with van der Waals surface area (Å²) in [6.07, 6.45) is 0. The highest BCUT2D eigenvalue weighted by molar-refractivity contribution is 6.30. The smallest absolute Gasteiger partial charge is 0.319 e. The lowest BCUT2D eigenvalue weighted by atomic mass is 10.3. The lowest BCUT2D eigenvalue weighted by Gasteiger charge is -2.06. The number of halogens is 1. The van der Waals surface area contributed by atoms with Gasteiger partial charge in [0.15, 0.2) is 0 Å². The van der Waals surface area contributed by atoms with Crippen LogP contribution in [0.15, 0.2) is 24.3 Å². The first kappa shape index (κ1) is 11.8. The Morgan fingerprint density at radius 1 is 1.40 bits per heavy atom. The van der Waals surface area contributed by atoms with Crippen LogP contribution in [0, 0.1) is 0 Å². The van der Waals surface area contributed by atoms with Crippen molar-refractivity contribution >= 4 is 23.3 Å². The fraction of sp³-hybridized carbons (Fsp3) is 0.300. The normalized spacial score (nSPS) is 9.73. The Hall–Kier alpha value is -1.26. The van der Waals surface area contributed by atoms with Crippen molar-refractivity contribution in [2.24, 2.45) is 0 Å². The summed E-state index contributed by atoms with van der Waals surface area (Å²) in [6, 6.07) is 6.64. The molecule has 0 spiro atoms. The van der Waals surface area contributed by atoms with Crippen LogP contribution in [0.5, 0.6) is 0 Å². The van der Waals surface area contributed by atoms with Gasteiger partial charge in [-0.05, 0) is 24.3 Å². The summed E-state index contributed by atoms with van der Waals surface area (Å²) in [5, 5.41) is 5.94. The summed E-state index contributed by atoms with van der Waals surface area (Å²) in [4.78, 5) is 11.3. The van der Waals surface area contributed by atoms with Gasteiger partial charge < -0.3 is 15.4 Å². The number of benzene rings is 1. The Labute approximate surface area is 93.6 Å². The molecule has 0 heterocycles. The molecule has 0 radical (unpaired) electrons. The molecule has 1 aromatic carbocycles. The second kappa shape index (κ2) is 6.27. The number of hydrogen-bond acceptors (Lipinski definition) is 2. The summed E-state index contributed by atoms with van der Waals surface area (Å²) in [6.45, 7) is 0.976. The minimum absolute atomic E-state index is 0.255. The van der Waals surface area contributed by atoms with Gasteiger partial charge >= 0.3 is 6.03 Å². The molecule has 1 rings (SSSR count). The third-order valence-corrected chi connectivity index (χ3v) is 1.95. The lowest BCUT2D eigenvalue weighted by Crippen LogP contribution is -2.31. The predicted octanol–water partition coefficient (Wildman–Crippen LogP) is 2.11. The topological polar surface area (TPSA) is 50.4 Å². The van der Waals surface area contributed by atoms with E-state index < -0.39 is 0 Å². The van der Waals surface area contributed by atoms with Gasteiger partial charge in [0.05, 0.1) is 6.61 Å². The number of nitrogens with one attached hydrogen (secondary N) is 2. The zero-order valence-electron chi connectivity index (χ0n) is 8.42. The minimum Gasteiger partial charge on any atom is -0.383 e. The standard InChI is InChI=1S/C10H13ClN2O2/c1-15-7-6-12-10(14)13-9-4-2-8(11)3-5-9/h2-5H,6-7H2,1H3,(H2,12,13,14). The summed E-state index contributed by atoms with van der Waals surface area (Å²) >= 11 is 5.71. The molecule has 1 aromatic rings. The van der Waals surface area contributed by atoms with Crippen LogP contribution < -0.4 is 10.6 Å². The van der Waals surface area contributed by atoms with E-state index in [-0.39, 0.29) is 6.03 Å². The average molecular weight is 229 g/mol. The van der Waals surface area contributed by atoms with Gasteiger partial charge in [0, 0.05) is 24.4 Å². The van der Waals surface area contributed by atoms with E-state index in [2.05, 4.69) is 10.6 Å². The van der Waals surface area contributed by atoms with Crippen molar-refractivity contribution in [2.75, 3.05) is 25.6 Å². The second-order valence-electron chi connectivity index (χ2n) is 2.88. The van der Waals surface area contributed by atoms with Crippen molar-refractivity contribution in [1.82, 2.24) is 5.32 Å². The van der Waals surface area contributed by atoms with Crippen LogP contribution in [0.1, 0.15) is 0 Å². The van der Waals surface area contributed by atoms with E-state index in [0.717, 1.165) is 0 Å². The number of ether oxygens (including phenoxy) is 1. The molecule has 0 aromatic heterocycles. The molecule has 0 unspecified atom stereocenters.